The Labute approximate surface area is 122 Å². The molecule has 0 radical (unpaired) electrons. The molecule has 0 unspecified atom stereocenters. The van der Waals surface area contributed by atoms with Crippen LogP contribution in [0, 0.1) is 0 Å². The van der Waals surface area contributed by atoms with Crippen LogP contribution in [0.5, 0.6) is 0 Å². The van der Waals surface area contributed by atoms with E-state index < -0.39 is 25.2 Å². The van der Waals surface area contributed by atoms with E-state index in [0.29, 0.717) is 10.6 Å². The molecule has 1 aromatic carbocycles. The third-order valence-corrected chi connectivity index (χ3v) is 3.43. The fourth-order valence-corrected chi connectivity index (χ4v) is 2.56. The highest BCUT2D eigenvalue weighted by molar-refractivity contribution is 7.14. The molecule has 0 saturated heterocycles. The number of rotatable bonds is 5. The molecule has 1 N–H and O–H groups in total. The number of benzene rings is 1. The lowest BCUT2D eigenvalue weighted by Crippen LogP contribution is -2.37. The van der Waals surface area contributed by atoms with Crippen molar-refractivity contribution in [1.29, 1.82) is 0 Å². The number of halogens is 3. The van der Waals surface area contributed by atoms with Crippen molar-refractivity contribution in [2.75, 3.05) is 18.0 Å². The molecule has 2 rings (SSSR count). The lowest BCUT2D eigenvalue weighted by Gasteiger charge is -2.20. The Kier molecular flexibility index (Phi) is 4.46. The number of carboxylic acid groups (broad SMARTS) is 1. The minimum atomic E-state index is -4.49. The summed E-state index contributed by atoms with van der Waals surface area (Å²) in [6, 6.07) is 8.96. The number of anilines is 1. The van der Waals surface area contributed by atoms with Crippen molar-refractivity contribution < 1.29 is 23.1 Å². The van der Waals surface area contributed by atoms with E-state index in [1.54, 1.807) is 29.6 Å². The minimum Gasteiger partial charge on any atom is -0.480 e. The van der Waals surface area contributed by atoms with Crippen molar-refractivity contribution in [3.8, 4) is 11.3 Å². The second-order valence-electron chi connectivity index (χ2n) is 4.25. The fraction of sp³-hybridized carbons (Fsp3) is 0.231. The zero-order chi connectivity index (χ0) is 15.5. The van der Waals surface area contributed by atoms with Crippen LogP contribution in [0.4, 0.5) is 18.3 Å². The summed E-state index contributed by atoms with van der Waals surface area (Å²) in [5, 5.41) is 10.4. The fourth-order valence-electron chi connectivity index (χ4n) is 1.72. The minimum absolute atomic E-state index is 0.0357. The van der Waals surface area contributed by atoms with Gasteiger partial charge in [-0.25, -0.2) is 4.98 Å². The van der Waals surface area contributed by atoms with Crippen LogP contribution < -0.4 is 4.90 Å². The van der Waals surface area contributed by atoms with E-state index in [9.17, 15) is 18.0 Å². The van der Waals surface area contributed by atoms with Gasteiger partial charge in [0.25, 0.3) is 0 Å². The molecule has 4 nitrogen and oxygen atoms in total. The summed E-state index contributed by atoms with van der Waals surface area (Å²) in [6.07, 6.45) is -4.49. The van der Waals surface area contributed by atoms with E-state index in [1.807, 2.05) is 6.07 Å². The molecule has 0 bridgehead atoms. The molecule has 0 aliphatic rings. The summed E-state index contributed by atoms with van der Waals surface area (Å²) < 4.78 is 37.5. The van der Waals surface area contributed by atoms with Crippen LogP contribution >= 0.6 is 11.3 Å². The van der Waals surface area contributed by atoms with Gasteiger partial charge in [0, 0.05) is 10.9 Å². The first-order chi connectivity index (χ1) is 9.85. The lowest BCUT2D eigenvalue weighted by atomic mass is 10.2. The normalized spacial score (nSPS) is 11.4. The number of aliphatic carboxylic acids is 1. The molecule has 0 fully saturated rings. The van der Waals surface area contributed by atoms with Crippen LogP contribution in [-0.4, -0.2) is 35.3 Å². The SMILES string of the molecule is O=C(O)CN(CC(F)(F)F)c1nc(-c2ccccc2)cs1. The molecule has 21 heavy (non-hydrogen) atoms. The highest BCUT2D eigenvalue weighted by Gasteiger charge is 2.33. The number of carbonyl (C=O) groups is 1. The summed E-state index contributed by atoms with van der Waals surface area (Å²) >= 11 is 0.987. The van der Waals surface area contributed by atoms with Crippen LogP contribution in [-0.2, 0) is 4.79 Å². The van der Waals surface area contributed by atoms with Crippen LogP contribution in [0.25, 0.3) is 11.3 Å². The third kappa shape index (κ3) is 4.45. The predicted molar refractivity (Wildman–Crippen MR) is 73.5 cm³/mol. The maximum absolute atomic E-state index is 12.5. The van der Waals surface area contributed by atoms with Crippen molar-refractivity contribution in [2.45, 2.75) is 6.18 Å². The molecule has 2 aromatic rings. The van der Waals surface area contributed by atoms with Crippen LogP contribution in [0.3, 0.4) is 0 Å². The third-order valence-electron chi connectivity index (χ3n) is 2.53. The summed E-state index contributed by atoms with van der Waals surface area (Å²) in [4.78, 5) is 15.5. The molecule has 1 heterocycles. The van der Waals surface area contributed by atoms with Gasteiger partial charge in [0.05, 0.1) is 5.69 Å². The summed E-state index contributed by atoms with van der Waals surface area (Å²) in [5.74, 6) is -1.34. The van der Waals surface area contributed by atoms with E-state index in [-0.39, 0.29) is 5.13 Å². The molecule has 0 aliphatic heterocycles. The first kappa shape index (κ1) is 15.3. The Morgan fingerprint density at radius 1 is 1.29 bits per heavy atom. The molecule has 1 aromatic heterocycles. The van der Waals surface area contributed by atoms with Crippen LogP contribution in [0.1, 0.15) is 0 Å². The predicted octanol–water partition coefficient (Wildman–Crippen LogP) is 3.26. The first-order valence-electron chi connectivity index (χ1n) is 5.89. The van der Waals surface area contributed by atoms with E-state index in [2.05, 4.69) is 4.98 Å². The topological polar surface area (TPSA) is 53.4 Å². The van der Waals surface area contributed by atoms with E-state index in [0.717, 1.165) is 16.9 Å². The van der Waals surface area contributed by atoms with E-state index in [1.165, 1.54) is 0 Å². The van der Waals surface area contributed by atoms with E-state index in [4.69, 9.17) is 5.11 Å². The number of aromatic nitrogens is 1. The molecule has 0 atom stereocenters. The van der Waals surface area contributed by atoms with Gasteiger partial charge in [-0.1, -0.05) is 30.3 Å². The number of carboxylic acids is 1. The van der Waals surface area contributed by atoms with Crippen molar-refractivity contribution in [1.82, 2.24) is 4.98 Å². The quantitative estimate of drug-likeness (QED) is 0.920. The monoisotopic (exact) mass is 316 g/mol. The van der Waals surface area contributed by atoms with Gasteiger partial charge in [-0.05, 0) is 0 Å². The van der Waals surface area contributed by atoms with Crippen molar-refractivity contribution in [2.24, 2.45) is 0 Å². The zero-order valence-electron chi connectivity index (χ0n) is 10.7. The maximum Gasteiger partial charge on any atom is 0.406 e. The molecule has 0 aliphatic carbocycles. The summed E-state index contributed by atoms with van der Waals surface area (Å²) in [6.45, 7) is -2.09. The Morgan fingerprint density at radius 2 is 1.95 bits per heavy atom. The van der Waals surface area contributed by atoms with Crippen LogP contribution in [0.2, 0.25) is 0 Å². The maximum atomic E-state index is 12.5. The summed E-state index contributed by atoms with van der Waals surface area (Å²) in [5.41, 5.74) is 1.29. The largest absolute Gasteiger partial charge is 0.480 e. The van der Waals surface area contributed by atoms with Gasteiger partial charge in [-0.3, -0.25) is 4.79 Å². The van der Waals surface area contributed by atoms with Gasteiger partial charge in [-0.2, -0.15) is 13.2 Å². The molecule has 8 heteroatoms. The Hall–Kier alpha value is -2.09. The van der Waals surface area contributed by atoms with E-state index >= 15 is 0 Å². The Balaban J connectivity index is 2.25. The average molecular weight is 316 g/mol. The van der Waals surface area contributed by atoms with Gasteiger partial charge in [0.15, 0.2) is 5.13 Å². The van der Waals surface area contributed by atoms with Gasteiger partial charge in [0.2, 0.25) is 0 Å². The molecule has 0 amide bonds. The van der Waals surface area contributed by atoms with Crippen molar-refractivity contribution in [3.63, 3.8) is 0 Å². The molecule has 0 spiro atoms. The Morgan fingerprint density at radius 3 is 2.52 bits per heavy atom. The van der Waals surface area contributed by atoms with Gasteiger partial charge in [0.1, 0.15) is 13.1 Å². The highest BCUT2D eigenvalue weighted by Crippen LogP contribution is 2.29. The molecular formula is C13H11F3N2O2S. The average Bonchev–Trinajstić information content (AvgIpc) is 2.86. The van der Waals surface area contributed by atoms with Gasteiger partial charge in [-0.15, -0.1) is 11.3 Å². The molecule has 112 valence electrons. The first-order valence-corrected chi connectivity index (χ1v) is 6.77. The van der Waals surface area contributed by atoms with Gasteiger partial charge >= 0.3 is 12.1 Å². The number of nitrogens with zero attached hydrogens (tertiary/aromatic N) is 2. The molecular weight excluding hydrogens is 305 g/mol. The van der Waals surface area contributed by atoms with Crippen LogP contribution in [0.15, 0.2) is 35.7 Å². The Bertz CT molecular complexity index is 613. The summed E-state index contributed by atoms with van der Waals surface area (Å²) in [7, 11) is 0. The van der Waals surface area contributed by atoms with Gasteiger partial charge < -0.3 is 10.0 Å². The highest BCUT2D eigenvalue weighted by atomic mass is 32.1. The zero-order valence-corrected chi connectivity index (χ0v) is 11.5. The number of hydrogen-bond acceptors (Lipinski definition) is 4. The smallest absolute Gasteiger partial charge is 0.406 e. The molecule has 0 saturated carbocycles. The second-order valence-corrected chi connectivity index (χ2v) is 5.08. The van der Waals surface area contributed by atoms with Crippen molar-refractivity contribution >= 4 is 22.4 Å². The number of alkyl halides is 3. The standard InChI is InChI=1S/C13H11F3N2O2S/c14-13(15,16)8-18(6-11(19)20)12-17-10(7-21-12)9-4-2-1-3-5-9/h1-5,7H,6,8H2,(H,19,20). The van der Waals surface area contributed by atoms with Crippen molar-refractivity contribution in [3.05, 3.63) is 35.7 Å². The lowest BCUT2D eigenvalue weighted by molar-refractivity contribution is -0.136. The number of thiazole rings is 1. The second kappa shape index (κ2) is 6.13. The number of hydrogen-bond donors (Lipinski definition) is 1.